The van der Waals surface area contributed by atoms with E-state index in [1.165, 1.54) is 6.07 Å². The van der Waals surface area contributed by atoms with Gasteiger partial charge in [-0.25, -0.2) is 4.79 Å². The Morgan fingerprint density at radius 2 is 1.90 bits per heavy atom. The van der Waals surface area contributed by atoms with Crippen molar-refractivity contribution in [2.45, 2.75) is 32.4 Å². The number of aromatic nitrogens is 1. The van der Waals surface area contributed by atoms with Crippen molar-refractivity contribution in [1.82, 2.24) is 10.3 Å². The van der Waals surface area contributed by atoms with E-state index in [-0.39, 0.29) is 29.8 Å². The van der Waals surface area contributed by atoms with Crippen LogP contribution in [0.4, 0.5) is 0 Å². The summed E-state index contributed by atoms with van der Waals surface area (Å²) in [5, 5.41) is 34.1. The molecule has 0 bridgehead atoms. The second kappa shape index (κ2) is 8.98. The fraction of sp³-hybridized carbons (Fsp3) is 0.318. The van der Waals surface area contributed by atoms with Gasteiger partial charge in [0.25, 0.3) is 0 Å². The quantitative estimate of drug-likeness (QED) is 0.373. The van der Waals surface area contributed by atoms with Crippen LogP contribution in [0.3, 0.4) is 0 Å². The topological polar surface area (TPSA) is 115 Å². The maximum Gasteiger partial charge on any atom is 0.354 e. The fourth-order valence-electron chi connectivity index (χ4n) is 3.32. The summed E-state index contributed by atoms with van der Waals surface area (Å²) in [6.45, 7) is 4.29. The summed E-state index contributed by atoms with van der Waals surface area (Å²) >= 11 is 0. The summed E-state index contributed by atoms with van der Waals surface area (Å²) in [4.78, 5) is 14.9. The zero-order chi connectivity index (χ0) is 21.0. The maximum absolute atomic E-state index is 12.0. The summed E-state index contributed by atoms with van der Waals surface area (Å²) < 4.78 is 5.00. The van der Waals surface area contributed by atoms with E-state index < -0.39 is 12.1 Å². The van der Waals surface area contributed by atoms with Gasteiger partial charge in [-0.05, 0) is 55.7 Å². The number of H-pyrrole nitrogens is 1. The van der Waals surface area contributed by atoms with Gasteiger partial charge in [-0.15, -0.1) is 0 Å². The molecule has 2 aromatic carbocycles. The molecule has 2 unspecified atom stereocenters. The van der Waals surface area contributed by atoms with Crippen LogP contribution in [0.5, 0.6) is 11.5 Å². The van der Waals surface area contributed by atoms with E-state index in [0.717, 1.165) is 12.0 Å². The Bertz CT molecular complexity index is 981. The highest BCUT2D eigenvalue weighted by molar-refractivity contribution is 5.98. The van der Waals surface area contributed by atoms with E-state index in [1.807, 2.05) is 19.1 Å². The van der Waals surface area contributed by atoms with Crippen LogP contribution in [0.25, 0.3) is 10.9 Å². The smallest absolute Gasteiger partial charge is 0.354 e. The highest BCUT2D eigenvalue weighted by atomic mass is 16.5. The Morgan fingerprint density at radius 3 is 2.59 bits per heavy atom. The number of carbonyl (C=O) groups is 1. The number of benzene rings is 2. The number of phenols is 2. The first kappa shape index (κ1) is 20.7. The molecule has 0 saturated heterocycles. The molecular weight excluding hydrogens is 372 g/mol. The number of hydrogen-bond acceptors (Lipinski definition) is 6. The predicted octanol–water partition coefficient (Wildman–Crippen LogP) is 3.01. The number of aliphatic hydroxyl groups excluding tert-OH is 1. The number of rotatable bonds is 8. The third-order valence-corrected chi connectivity index (χ3v) is 4.80. The van der Waals surface area contributed by atoms with E-state index in [0.29, 0.717) is 23.0 Å². The van der Waals surface area contributed by atoms with Gasteiger partial charge in [0.2, 0.25) is 0 Å². The minimum Gasteiger partial charge on any atom is -0.508 e. The van der Waals surface area contributed by atoms with Gasteiger partial charge >= 0.3 is 5.97 Å². The lowest BCUT2D eigenvalue weighted by Crippen LogP contribution is -2.32. The number of carbonyl (C=O) groups excluding carboxylic acids is 1. The lowest BCUT2D eigenvalue weighted by molar-refractivity contribution is 0.0520. The second-order valence-corrected chi connectivity index (χ2v) is 7.06. The maximum atomic E-state index is 12.0. The standard InChI is InChI=1S/C22H26N2O5/c1-3-29-22(28)18-11-17-16(8-9-19(26)21(17)24-18)20(27)12-23-13(2)10-14-4-6-15(25)7-5-14/h4-9,11,13,20,23-27H,3,10,12H2,1-2H3. The molecule has 0 amide bonds. The Hall–Kier alpha value is -3.03. The second-order valence-electron chi connectivity index (χ2n) is 7.06. The van der Waals surface area contributed by atoms with Gasteiger partial charge in [-0.3, -0.25) is 0 Å². The van der Waals surface area contributed by atoms with Crippen LogP contribution in [0.1, 0.15) is 41.6 Å². The Kier molecular flexibility index (Phi) is 6.41. The van der Waals surface area contributed by atoms with Crippen LogP contribution >= 0.6 is 0 Å². The van der Waals surface area contributed by atoms with Crippen molar-refractivity contribution >= 4 is 16.9 Å². The van der Waals surface area contributed by atoms with Crippen molar-refractivity contribution in [2.24, 2.45) is 0 Å². The summed E-state index contributed by atoms with van der Waals surface area (Å²) in [7, 11) is 0. The van der Waals surface area contributed by atoms with Gasteiger partial charge in [0, 0.05) is 18.0 Å². The van der Waals surface area contributed by atoms with Crippen molar-refractivity contribution in [1.29, 1.82) is 0 Å². The van der Waals surface area contributed by atoms with Gasteiger partial charge in [0.15, 0.2) is 0 Å². The largest absolute Gasteiger partial charge is 0.508 e. The number of nitrogens with one attached hydrogen (secondary N) is 2. The minimum atomic E-state index is -0.828. The van der Waals surface area contributed by atoms with Crippen molar-refractivity contribution in [3.63, 3.8) is 0 Å². The first-order chi connectivity index (χ1) is 13.9. The van der Waals surface area contributed by atoms with Crippen LogP contribution < -0.4 is 5.32 Å². The molecule has 0 aliphatic rings. The number of aromatic hydroxyl groups is 2. The van der Waals surface area contributed by atoms with E-state index >= 15 is 0 Å². The van der Waals surface area contributed by atoms with Crippen molar-refractivity contribution < 1.29 is 24.9 Å². The number of hydrogen-bond donors (Lipinski definition) is 5. The third-order valence-electron chi connectivity index (χ3n) is 4.80. The lowest BCUT2D eigenvalue weighted by atomic mass is 10.0. The van der Waals surface area contributed by atoms with Gasteiger partial charge in [0.05, 0.1) is 18.2 Å². The average Bonchev–Trinajstić information content (AvgIpc) is 3.15. The van der Waals surface area contributed by atoms with E-state index in [2.05, 4.69) is 10.3 Å². The summed E-state index contributed by atoms with van der Waals surface area (Å²) in [5.74, 6) is -0.279. The summed E-state index contributed by atoms with van der Waals surface area (Å²) in [6.07, 6.45) is -0.0824. The lowest BCUT2D eigenvalue weighted by Gasteiger charge is -2.18. The van der Waals surface area contributed by atoms with Gasteiger partial charge in [-0.1, -0.05) is 18.2 Å². The molecule has 3 rings (SSSR count). The fourth-order valence-corrected chi connectivity index (χ4v) is 3.32. The molecule has 5 N–H and O–H groups in total. The van der Waals surface area contributed by atoms with Crippen molar-refractivity contribution in [2.75, 3.05) is 13.2 Å². The summed E-state index contributed by atoms with van der Waals surface area (Å²) in [5.41, 5.74) is 2.30. The first-order valence-electron chi connectivity index (χ1n) is 9.60. The molecule has 0 saturated carbocycles. The van der Waals surface area contributed by atoms with Gasteiger partial charge < -0.3 is 30.4 Å². The number of fused-ring (bicyclic) bond motifs is 1. The first-order valence-corrected chi connectivity index (χ1v) is 9.60. The number of phenolic OH excluding ortho intramolecular Hbond substituents is 2. The summed E-state index contributed by atoms with van der Waals surface area (Å²) in [6, 6.07) is 11.9. The van der Waals surface area contributed by atoms with Crippen LogP contribution in [-0.4, -0.2) is 45.5 Å². The number of esters is 1. The average molecular weight is 398 g/mol. The Labute approximate surface area is 169 Å². The molecular formula is C22H26N2O5. The van der Waals surface area contributed by atoms with Crippen molar-refractivity contribution in [3.8, 4) is 11.5 Å². The van der Waals surface area contributed by atoms with Crippen LogP contribution in [0.2, 0.25) is 0 Å². The molecule has 29 heavy (non-hydrogen) atoms. The molecule has 7 heteroatoms. The molecule has 0 aliphatic heterocycles. The molecule has 0 aliphatic carbocycles. The Balaban J connectivity index is 1.71. The van der Waals surface area contributed by atoms with Crippen LogP contribution in [-0.2, 0) is 11.2 Å². The zero-order valence-corrected chi connectivity index (χ0v) is 16.5. The third kappa shape index (κ3) is 4.88. The molecule has 1 heterocycles. The normalized spacial score (nSPS) is 13.3. The molecule has 2 atom stereocenters. The SMILES string of the molecule is CCOC(=O)c1cc2c(C(O)CNC(C)Cc3ccc(O)cc3)ccc(O)c2[nH]1. The van der Waals surface area contributed by atoms with Gasteiger partial charge in [-0.2, -0.15) is 0 Å². The minimum absolute atomic E-state index is 0.000144. The van der Waals surface area contributed by atoms with Crippen molar-refractivity contribution in [3.05, 3.63) is 59.3 Å². The van der Waals surface area contributed by atoms with E-state index in [1.54, 1.807) is 31.2 Å². The van der Waals surface area contributed by atoms with Crippen LogP contribution in [0.15, 0.2) is 42.5 Å². The molecule has 0 fully saturated rings. The highest BCUT2D eigenvalue weighted by Gasteiger charge is 2.19. The molecule has 3 aromatic rings. The molecule has 0 spiro atoms. The molecule has 1 aromatic heterocycles. The number of aliphatic hydroxyl groups is 1. The Morgan fingerprint density at radius 1 is 1.17 bits per heavy atom. The number of ether oxygens (including phenoxy) is 1. The monoisotopic (exact) mass is 398 g/mol. The van der Waals surface area contributed by atoms with E-state index in [4.69, 9.17) is 4.74 Å². The number of aromatic amines is 1. The molecule has 7 nitrogen and oxygen atoms in total. The molecule has 154 valence electrons. The van der Waals surface area contributed by atoms with Crippen LogP contribution in [0, 0.1) is 0 Å². The zero-order valence-electron chi connectivity index (χ0n) is 16.5. The van der Waals surface area contributed by atoms with E-state index in [9.17, 15) is 20.1 Å². The predicted molar refractivity (Wildman–Crippen MR) is 110 cm³/mol. The van der Waals surface area contributed by atoms with Gasteiger partial charge in [0.1, 0.15) is 17.2 Å². The highest BCUT2D eigenvalue weighted by Crippen LogP contribution is 2.31. The molecule has 0 radical (unpaired) electrons.